The van der Waals surface area contributed by atoms with E-state index < -0.39 is 0 Å². The Morgan fingerprint density at radius 2 is 1.94 bits per heavy atom. The van der Waals surface area contributed by atoms with Crippen molar-refractivity contribution in [3.63, 3.8) is 0 Å². The number of ether oxygens (including phenoxy) is 1. The molecule has 0 bridgehead atoms. The van der Waals surface area contributed by atoms with Crippen LogP contribution in [0.5, 0.6) is 5.75 Å². The Morgan fingerprint density at radius 3 is 2.50 bits per heavy atom. The molecule has 1 nitrogen and oxygen atoms in total. The van der Waals surface area contributed by atoms with Crippen LogP contribution in [0, 0.1) is 13.3 Å². The minimum absolute atomic E-state index is 0.364. The van der Waals surface area contributed by atoms with Crippen LogP contribution >= 0.6 is 0 Å². The van der Waals surface area contributed by atoms with E-state index in [4.69, 9.17) is 4.74 Å². The van der Waals surface area contributed by atoms with Gasteiger partial charge in [-0.25, -0.2) is 0 Å². The second-order valence-corrected chi connectivity index (χ2v) is 4.30. The van der Waals surface area contributed by atoms with Gasteiger partial charge in [-0.15, -0.1) is 0 Å². The van der Waals surface area contributed by atoms with Crippen LogP contribution in [0.2, 0.25) is 0 Å². The number of rotatable bonds is 7. The predicted octanol–water partition coefficient (Wildman–Crippen LogP) is 4.55. The smallest absolute Gasteiger partial charge is 0.119 e. The molecule has 0 fully saturated rings. The highest BCUT2D eigenvalue weighted by molar-refractivity contribution is 5.26. The summed E-state index contributed by atoms with van der Waals surface area (Å²) in [5, 5.41) is 0. The molecular weight excluding hydrogens is 196 g/mol. The SMILES string of the molecule is C[CH]CCCC(CC)Oc1ccc(C)cc1. The zero-order valence-electron chi connectivity index (χ0n) is 10.7. The lowest BCUT2D eigenvalue weighted by atomic mass is 10.1. The fourth-order valence-corrected chi connectivity index (χ4v) is 1.71. The van der Waals surface area contributed by atoms with Crippen molar-refractivity contribution in [1.82, 2.24) is 0 Å². The Kier molecular flexibility index (Phi) is 5.99. The molecule has 0 aliphatic rings. The lowest BCUT2D eigenvalue weighted by molar-refractivity contribution is 0.184. The third-order valence-corrected chi connectivity index (χ3v) is 2.80. The molecule has 1 aromatic carbocycles. The fraction of sp³-hybridized carbons (Fsp3) is 0.533. The summed E-state index contributed by atoms with van der Waals surface area (Å²) in [4.78, 5) is 0. The van der Waals surface area contributed by atoms with Crippen LogP contribution in [0.1, 0.15) is 45.1 Å². The lowest BCUT2D eigenvalue weighted by Crippen LogP contribution is -2.15. The molecule has 1 aromatic rings. The lowest BCUT2D eigenvalue weighted by Gasteiger charge is -2.17. The molecule has 0 amide bonds. The van der Waals surface area contributed by atoms with Gasteiger partial charge in [0.1, 0.15) is 5.75 Å². The Morgan fingerprint density at radius 1 is 1.25 bits per heavy atom. The Hall–Kier alpha value is -0.980. The standard InChI is InChI=1S/C15H23O/c1-4-6-7-8-14(5-2)16-15-11-9-13(3)10-12-15/h4,9-12,14H,5-8H2,1-3H3. The first kappa shape index (κ1) is 13.1. The normalized spacial score (nSPS) is 12.4. The van der Waals surface area contributed by atoms with E-state index in [0.29, 0.717) is 6.10 Å². The molecule has 0 N–H and O–H groups in total. The van der Waals surface area contributed by atoms with Gasteiger partial charge in [0.05, 0.1) is 6.10 Å². The van der Waals surface area contributed by atoms with Crippen molar-refractivity contribution in [2.75, 3.05) is 0 Å². The monoisotopic (exact) mass is 219 g/mol. The van der Waals surface area contributed by atoms with Crippen molar-refractivity contribution in [1.29, 1.82) is 0 Å². The molecular formula is C15H23O. The average Bonchev–Trinajstić information content (AvgIpc) is 2.31. The van der Waals surface area contributed by atoms with Crippen LogP contribution < -0.4 is 4.74 Å². The first-order chi connectivity index (χ1) is 7.76. The van der Waals surface area contributed by atoms with Gasteiger partial charge in [-0.1, -0.05) is 38.0 Å². The van der Waals surface area contributed by atoms with Crippen LogP contribution in [-0.2, 0) is 0 Å². The first-order valence-electron chi connectivity index (χ1n) is 6.27. The molecule has 1 atom stereocenters. The summed E-state index contributed by atoms with van der Waals surface area (Å²) >= 11 is 0. The third kappa shape index (κ3) is 4.69. The predicted molar refractivity (Wildman–Crippen MR) is 69.7 cm³/mol. The van der Waals surface area contributed by atoms with Gasteiger partial charge in [-0.2, -0.15) is 0 Å². The van der Waals surface area contributed by atoms with Crippen LogP contribution in [0.3, 0.4) is 0 Å². The quantitative estimate of drug-likeness (QED) is 0.611. The van der Waals surface area contributed by atoms with Gasteiger partial charge in [-0.3, -0.25) is 0 Å². The van der Waals surface area contributed by atoms with E-state index in [2.05, 4.69) is 51.5 Å². The van der Waals surface area contributed by atoms with Crippen molar-refractivity contribution in [3.8, 4) is 5.75 Å². The van der Waals surface area contributed by atoms with Gasteiger partial charge in [0.2, 0.25) is 0 Å². The van der Waals surface area contributed by atoms with E-state index in [1.165, 1.54) is 18.4 Å². The summed E-state index contributed by atoms with van der Waals surface area (Å²) in [5.74, 6) is 0.998. The molecule has 0 saturated heterocycles. The summed E-state index contributed by atoms with van der Waals surface area (Å²) < 4.78 is 5.95. The van der Waals surface area contributed by atoms with Crippen molar-refractivity contribution < 1.29 is 4.74 Å². The zero-order valence-corrected chi connectivity index (χ0v) is 10.7. The second-order valence-electron chi connectivity index (χ2n) is 4.30. The highest BCUT2D eigenvalue weighted by Gasteiger charge is 2.07. The average molecular weight is 219 g/mol. The van der Waals surface area contributed by atoms with Crippen LogP contribution in [0.4, 0.5) is 0 Å². The molecule has 0 aromatic heterocycles. The molecule has 89 valence electrons. The van der Waals surface area contributed by atoms with E-state index in [-0.39, 0.29) is 0 Å². The number of hydrogen-bond acceptors (Lipinski definition) is 1. The molecule has 1 unspecified atom stereocenters. The molecule has 1 heteroatoms. The summed E-state index contributed by atoms with van der Waals surface area (Å²) in [6, 6.07) is 8.32. The molecule has 0 heterocycles. The maximum Gasteiger partial charge on any atom is 0.119 e. The first-order valence-corrected chi connectivity index (χ1v) is 6.27. The van der Waals surface area contributed by atoms with E-state index in [1.54, 1.807) is 0 Å². The minimum Gasteiger partial charge on any atom is -0.490 e. The zero-order chi connectivity index (χ0) is 11.8. The number of hydrogen-bond donors (Lipinski definition) is 0. The van der Waals surface area contributed by atoms with Gasteiger partial charge in [0.15, 0.2) is 0 Å². The molecule has 16 heavy (non-hydrogen) atoms. The molecule has 0 spiro atoms. The Labute approximate surface area is 99.8 Å². The molecule has 1 rings (SSSR count). The fourth-order valence-electron chi connectivity index (χ4n) is 1.71. The molecule has 0 saturated carbocycles. The number of aryl methyl sites for hydroxylation is 1. The maximum absolute atomic E-state index is 5.95. The van der Waals surface area contributed by atoms with Gasteiger partial charge in [-0.05, 0) is 44.7 Å². The van der Waals surface area contributed by atoms with Crippen molar-refractivity contribution in [2.45, 2.75) is 52.6 Å². The summed E-state index contributed by atoms with van der Waals surface area (Å²) in [7, 11) is 0. The van der Waals surface area contributed by atoms with E-state index in [9.17, 15) is 0 Å². The minimum atomic E-state index is 0.364. The van der Waals surface area contributed by atoms with Gasteiger partial charge in [0, 0.05) is 0 Å². The van der Waals surface area contributed by atoms with E-state index >= 15 is 0 Å². The van der Waals surface area contributed by atoms with Gasteiger partial charge >= 0.3 is 0 Å². The Bertz CT molecular complexity index is 276. The third-order valence-electron chi connectivity index (χ3n) is 2.80. The number of unbranched alkanes of at least 4 members (excludes halogenated alkanes) is 2. The maximum atomic E-state index is 5.95. The van der Waals surface area contributed by atoms with Crippen molar-refractivity contribution in [3.05, 3.63) is 36.2 Å². The summed E-state index contributed by atoms with van der Waals surface area (Å²) in [5.41, 5.74) is 1.28. The largest absolute Gasteiger partial charge is 0.490 e. The molecule has 0 aliphatic carbocycles. The van der Waals surface area contributed by atoms with Crippen molar-refractivity contribution in [2.24, 2.45) is 0 Å². The summed E-state index contributed by atoms with van der Waals surface area (Å²) in [6.07, 6.45) is 7.22. The molecule has 1 radical (unpaired) electrons. The van der Waals surface area contributed by atoms with Crippen LogP contribution in [0.25, 0.3) is 0 Å². The van der Waals surface area contributed by atoms with Crippen LogP contribution in [-0.4, -0.2) is 6.10 Å². The Balaban J connectivity index is 2.40. The van der Waals surface area contributed by atoms with Gasteiger partial charge in [0.25, 0.3) is 0 Å². The van der Waals surface area contributed by atoms with E-state index in [1.807, 2.05) is 0 Å². The van der Waals surface area contributed by atoms with Crippen LogP contribution in [0.15, 0.2) is 24.3 Å². The van der Waals surface area contributed by atoms with Crippen molar-refractivity contribution >= 4 is 0 Å². The highest BCUT2D eigenvalue weighted by atomic mass is 16.5. The highest BCUT2D eigenvalue weighted by Crippen LogP contribution is 2.17. The topological polar surface area (TPSA) is 9.23 Å². The number of benzene rings is 1. The van der Waals surface area contributed by atoms with Gasteiger partial charge < -0.3 is 4.74 Å². The second kappa shape index (κ2) is 7.32. The molecule has 0 aliphatic heterocycles. The van der Waals surface area contributed by atoms with E-state index in [0.717, 1.165) is 18.6 Å². The summed E-state index contributed by atoms with van der Waals surface area (Å²) in [6.45, 7) is 6.40.